The molecule has 0 aromatic heterocycles. The van der Waals surface area contributed by atoms with Crippen molar-refractivity contribution in [3.8, 4) is 5.75 Å². The van der Waals surface area contributed by atoms with Crippen LogP contribution in [0.25, 0.3) is 0 Å². The summed E-state index contributed by atoms with van der Waals surface area (Å²) in [7, 11) is 0. The Kier molecular flexibility index (Phi) is 4.93. The number of benzene rings is 1. The van der Waals surface area contributed by atoms with Gasteiger partial charge in [-0.05, 0) is 48.4 Å². The molecule has 2 N–H and O–H groups in total. The molecule has 2 bridgehead atoms. The van der Waals surface area contributed by atoms with Crippen LogP contribution in [0.4, 0.5) is 4.79 Å². The fraction of sp³-hybridized carbons (Fsp3) is 0.667. The first kappa shape index (κ1) is 17.8. The van der Waals surface area contributed by atoms with E-state index in [4.69, 9.17) is 15.2 Å². The maximum absolute atomic E-state index is 12.4. The number of morpholine rings is 1. The van der Waals surface area contributed by atoms with Crippen molar-refractivity contribution in [1.29, 1.82) is 0 Å². The van der Waals surface area contributed by atoms with Gasteiger partial charge < -0.3 is 20.1 Å². The van der Waals surface area contributed by atoms with E-state index in [1.807, 2.05) is 6.07 Å². The van der Waals surface area contributed by atoms with E-state index in [0.29, 0.717) is 38.0 Å². The molecule has 1 aliphatic heterocycles. The molecule has 142 valence electrons. The third kappa shape index (κ3) is 3.23. The second kappa shape index (κ2) is 7.20. The second-order valence-corrected chi connectivity index (χ2v) is 8.29. The van der Waals surface area contributed by atoms with Crippen molar-refractivity contribution in [2.24, 2.45) is 11.7 Å². The first-order valence-corrected chi connectivity index (χ1v) is 10.0. The molecule has 4 rings (SSSR count). The lowest BCUT2D eigenvalue weighted by atomic mass is 9.60. The zero-order valence-corrected chi connectivity index (χ0v) is 15.7. The molecule has 2 aliphatic carbocycles. The fourth-order valence-electron chi connectivity index (χ4n) is 5.01. The monoisotopic (exact) mass is 358 g/mol. The number of nitrogens with two attached hydrogens (primary N) is 1. The molecule has 26 heavy (non-hydrogen) atoms. The van der Waals surface area contributed by atoms with E-state index < -0.39 is 0 Å². The number of nitrogens with zero attached hydrogens (tertiary/aromatic N) is 1. The highest BCUT2D eigenvalue weighted by molar-refractivity contribution is 5.71. The van der Waals surface area contributed by atoms with Crippen molar-refractivity contribution >= 4 is 6.09 Å². The summed E-state index contributed by atoms with van der Waals surface area (Å²) in [5.41, 5.74) is 9.38. The van der Waals surface area contributed by atoms with E-state index >= 15 is 0 Å². The molecule has 1 aromatic carbocycles. The lowest BCUT2D eigenvalue weighted by molar-refractivity contribution is 0.0415. The highest BCUT2D eigenvalue weighted by atomic mass is 16.6. The molecule has 1 amide bonds. The first-order chi connectivity index (χ1) is 12.6. The molecule has 0 spiro atoms. The summed E-state index contributed by atoms with van der Waals surface area (Å²) in [6.45, 7) is 4.64. The summed E-state index contributed by atoms with van der Waals surface area (Å²) in [6, 6.07) is 6.35. The van der Waals surface area contributed by atoms with Gasteiger partial charge in [0.2, 0.25) is 0 Å². The number of amides is 1. The molecule has 1 saturated carbocycles. The average molecular weight is 358 g/mol. The number of rotatable bonds is 1. The van der Waals surface area contributed by atoms with Crippen LogP contribution in [0.1, 0.15) is 50.2 Å². The highest BCUT2D eigenvalue weighted by Gasteiger charge is 2.43. The molecule has 5 heteroatoms. The molecule has 5 nitrogen and oxygen atoms in total. The van der Waals surface area contributed by atoms with E-state index in [-0.39, 0.29) is 17.6 Å². The van der Waals surface area contributed by atoms with Gasteiger partial charge in [-0.2, -0.15) is 0 Å². The molecule has 0 radical (unpaired) electrons. The van der Waals surface area contributed by atoms with E-state index in [0.717, 1.165) is 12.8 Å². The zero-order valence-electron chi connectivity index (χ0n) is 15.7. The normalized spacial score (nSPS) is 31.5. The topological polar surface area (TPSA) is 64.8 Å². The minimum absolute atomic E-state index is 0.0277. The smallest absolute Gasteiger partial charge is 0.410 e. The summed E-state index contributed by atoms with van der Waals surface area (Å²) < 4.78 is 11.0. The molecular formula is C21H30N2O3. The van der Waals surface area contributed by atoms with Crippen LogP contribution in [-0.4, -0.2) is 43.3 Å². The van der Waals surface area contributed by atoms with Gasteiger partial charge in [0.05, 0.1) is 13.2 Å². The standard InChI is InChI=1S/C21H30N2O3/c1-21-8-4-2-3-5-16(19(21)22)13-15-6-7-17(14-18(15)21)26-20(24)23-9-11-25-12-10-23/h6-7,14,16,19H,2-5,8-13,22H2,1H3/t16?,19-,21+/m0/s1. The SMILES string of the molecule is C[C@@]12CCCCCC(Cc3ccc(OC(=O)N4CCOCC4)cc31)[C@@H]2N. The van der Waals surface area contributed by atoms with E-state index in [1.54, 1.807) is 4.90 Å². The summed E-state index contributed by atoms with van der Waals surface area (Å²) in [4.78, 5) is 14.1. The van der Waals surface area contributed by atoms with Crippen LogP contribution in [0.15, 0.2) is 18.2 Å². The van der Waals surface area contributed by atoms with Crippen LogP contribution in [0, 0.1) is 5.92 Å². The van der Waals surface area contributed by atoms with Gasteiger partial charge in [-0.25, -0.2) is 4.79 Å². The number of fused-ring (bicyclic) bond motifs is 4. The maximum atomic E-state index is 12.4. The number of hydrogen-bond donors (Lipinski definition) is 1. The average Bonchev–Trinajstić information content (AvgIpc) is 2.66. The Morgan fingerprint density at radius 3 is 2.88 bits per heavy atom. The predicted octanol–water partition coefficient (Wildman–Crippen LogP) is 3.24. The van der Waals surface area contributed by atoms with Crippen molar-refractivity contribution in [2.45, 2.75) is 56.9 Å². The van der Waals surface area contributed by atoms with Crippen molar-refractivity contribution in [3.05, 3.63) is 29.3 Å². The van der Waals surface area contributed by atoms with Gasteiger partial charge in [0.1, 0.15) is 5.75 Å². The van der Waals surface area contributed by atoms with Gasteiger partial charge >= 0.3 is 6.09 Å². The third-order valence-electron chi connectivity index (χ3n) is 6.67. The van der Waals surface area contributed by atoms with Gasteiger partial charge in [0.15, 0.2) is 0 Å². The molecule has 2 fully saturated rings. The molecule has 1 heterocycles. The molecule has 3 atom stereocenters. The van der Waals surface area contributed by atoms with E-state index in [9.17, 15) is 4.79 Å². The van der Waals surface area contributed by atoms with Crippen molar-refractivity contribution in [1.82, 2.24) is 4.90 Å². The summed E-state index contributed by atoms with van der Waals surface area (Å²) in [5, 5.41) is 0. The van der Waals surface area contributed by atoms with Crippen molar-refractivity contribution < 1.29 is 14.3 Å². The molecule has 1 unspecified atom stereocenters. The van der Waals surface area contributed by atoms with Crippen LogP contribution in [0.2, 0.25) is 0 Å². The van der Waals surface area contributed by atoms with Crippen molar-refractivity contribution in [3.63, 3.8) is 0 Å². The first-order valence-electron chi connectivity index (χ1n) is 10.0. The van der Waals surface area contributed by atoms with Crippen LogP contribution in [0.3, 0.4) is 0 Å². The van der Waals surface area contributed by atoms with Crippen LogP contribution in [-0.2, 0) is 16.6 Å². The highest BCUT2D eigenvalue weighted by Crippen LogP contribution is 2.46. The Labute approximate surface area is 155 Å². The van der Waals surface area contributed by atoms with Gasteiger partial charge in [0, 0.05) is 24.5 Å². The number of hydrogen-bond acceptors (Lipinski definition) is 4. The van der Waals surface area contributed by atoms with E-state index in [2.05, 4.69) is 19.1 Å². The number of carbonyl (C=O) groups excluding carboxylic acids is 1. The largest absolute Gasteiger partial charge is 0.415 e. The molecule has 3 aliphatic rings. The quantitative estimate of drug-likeness (QED) is 0.837. The lowest BCUT2D eigenvalue weighted by Crippen LogP contribution is -2.52. The number of carbonyl (C=O) groups is 1. The number of ether oxygens (including phenoxy) is 2. The van der Waals surface area contributed by atoms with E-state index in [1.165, 1.54) is 36.8 Å². The van der Waals surface area contributed by atoms with Crippen LogP contribution >= 0.6 is 0 Å². The van der Waals surface area contributed by atoms with Crippen LogP contribution < -0.4 is 10.5 Å². The summed E-state index contributed by atoms with van der Waals surface area (Å²) in [5.74, 6) is 1.20. The van der Waals surface area contributed by atoms with Gasteiger partial charge in [-0.1, -0.05) is 32.3 Å². The third-order valence-corrected chi connectivity index (χ3v) is 6.67. The van der Waals surface area contributed by atoms with Crippen molar-refractivity contribution in [2.75, 3.05) is 26.3 Å². The summed E-state index contributed by atoms with van der Waals surface area (Å²) >= 11 is 0. The minimum atomic E-state index is -0.283. The Balaban J connectivity index is 1.59. The minimum Gasteiger partial charge on any atom is -0.410 e. The molecule has 1 saturated heterocycles. The Morgan fingerprint density at radius 1 is 1.27 bits per heavy atom. The lowest BCUT2D eigenvalue weighted by Gasteiger charge is -2.47. The van der Waals surface area contributed by atoms with Gasteiger partial charge in [-0.3, -0.25) is 0 Å². The Bertz CT molecular complexity index is 671. The second-order valence-electron chi connectivity index (χ2n) is 8.29. The maximum Gasteiger partial charge on any atom is 0.415 e. The molecule has 1 aromatic rings. The Morgan fingerprint density at radius 2 is 2.08 bits per heavy atom. The molecular weight excluding hydrogens is 328 g/mol. The summed E-state index contributed by atoms with van der Waals surface area (Å²) in [6.07, 6.45) is 6.90. The van der Waals surface area contributed by atoms with Crippen LogP contribution in [0.5, 0.6) is 5.75 Å². The fourth-order valence-corrected chi connectivity index (χ4v) is 5.01. The predicted molar refractivity (Wildman–Crippen MR) is 100 cm³/mol. The van der Waals surface area contributed by atoms with Gasteiger partial charge in [-0.15, -0.1) is 0 Å². The van der Waals surface area contributed by atoms with Gasteiger partial charge in [0.25, 0.3) is 0 Å². The zero-order chi connectivity index (χ0) is 18.1. The Hall–Kier alpha value is -1.59.